The van der Waals surface area contributed by atoms with Crippen molar-refractivity contribution in [3.8, 4) is 5.88 Å². The van der Waals surface area contributed by atoms with Crippen molar-refractivity contribution in [3.63, 3.8) is 0 Å². The topological polar surface area (TPSA) is 242 Å². The Morgan fingerprint density at radius 2 is 1.93 bits per heavy atom. The highest BCUT2D eigenvalue weighted by Crippen LogP contribution is 2.57. The molecule has 7 N–H and O–H groups in total. The molecule has 0 spiro atoms. The molecule has 0 aliphatic carbocycles. The Balaban J connectivity index is 1.80. The van der Waals surface area contributed by atoms with Gasteiger partial charge in [-0.1, -0.05) is 0 Å². The lowest BCUT2D eigenvalue weighted by Crippen LogP contribution is -2.33. The standard InChI is InChI=1S/C11H17N5O11P2/c1-24-9-5-8(14-11(12)15-9)16(3-13-5)10-7(18)6(17)4(26-10)2-25-29(22,23)27-28(19,20)21/h3-4,6-7,10,17-18H,2H2,1H3,(H,22,23)(H2,12,14,15)(H2,19,20,21)/t4-,6-,7+,10-/m1/s1. The van der Waals surface area contributed by atoms with Crippen LogP contribution in [0.15, 0.2) is 6.33 Å². The molecule has 1 fully saturated rings. The van der Waals surface area contributed by atoms with Gasteiger partial charge in [0.25, 0.3) is 0 Å². The van der Waals surface area contributed by atoms with Gasteiger partial charge in [-0.25, -0.2) is 14.1 Å². The Hall–Kier alpha value is -1.71. The van der Waals surface area contributed by atoms with E-state index in [1.165, 1.54) is 18.0 Å². The highest BCUT2D eigenvalue weighted by atomic mass is 31.3. The summed E-state index contributed by atoms with van der Waals surface area (Å²) in [5.74, 6) is -0.0882. The normalized spacial score (nSPS) is 27.2. The molecular formula is C11H17N5O11P2. The Labute approximate surface area is 161 Å². The molecule has 3 rings (SSSR count). The number of aromatic nitrogens is 4. The van der Waals surface area contributed by atoms with Crippen LogP contribution in [0.25, 0.3) is 11.2 Å². The van der Waals surface area contributed by atoms with E-state index in [-0.39, 0.29) is 23.0 Å². The Morgan fingerprint density at radius 1 is 1.24 bits per heavy atom. The molecule has 0 saturated carbocycles. The molecule has 0 radical (unpaired) electrons. The van der Waals surface area contributed by atoms with Crippen molar-refractivity contribution >= 4 is 32.8 Å². The second-order valence-electron chi connectivity index (χ2n) is 5.80. The number of fused-ring (bicyclic) bond motifs is 1. The summed E-state index contributed by atoms with van der Waals surface area (Å²) >= 11 is 0. The number of phosphoric ester groups is 1. The van der Waals surface area contributed by atoms with Gasteiger partial charge in [0.05, 0.1) is 20.0 Å². The molecule has 5 atom stereocenters. The maximum absolute atomic E-state index is 11.5. The largest absolute Gasteiger partial charge is 0.481 e. The molecule has 18 heteroatoms. The number of anilines is 1. The summed E-state index contributed by atoms with van der Waals surface area (Å²) in [5.41, 5.74) is 5.92. The van der Waals surface area contributed by atoms with Crippen LogP contribution >= 0.6 is 15.6 Å². The highest BCUT2D eigenvalue weighted by molar-refractivity contribution is 7.60. The van der Waals surface area contributed by atoms with Crippen LogP contribution in [0, 0.1) is 0 Å². The quantitative estimate of drug-likeness (QED) is 0.253. The summed E-state index contributed by atoms with van der Waals surface area (Å²) in [4.78, 5) is 38.4. The predicted molar refractivity (Wildman–Crippen MR) is 91.1 cm³/mol. The van der Waals surface area contributed by atoms with Crippen molar-refractivity contribution in [2.75, 3.05) is 19.5 Å². The van der Waals surface area contributed by atoms with Gasteiger partial charge in [-0.15, -0.1) is 0 Å². The molecular weight excluding hydrogens is 440 g/mol. The number of nitrogens with zero attached hydrogens (tertiary/aromatic N) is 4. The van der Waals surface area contributed by atoms with Crippen molar-refractivity contribution in [3.05, 3.63) is 6.33 Å². The van der Waals surface area contributed by atoms with Crippen LogP contribution < -0.4 is 10.5 Å². The zero-order chi connectivity index (χ0) is 21.6. The smallest absolute Gasteiger partial charge is 0.479 e. The summed E-state index contributed by atoms with van der Waals surface area (Å²) < 4.78 is 42.0. The molecule has 162 valence electrons. The molecule has 1 saturated heterocycles. The zero-order valence-corrected chi connectivity index (χ0v) is 16.3. The fourth-order valence-corrected chi connectivity index (χ4v) is 4.26. The molecule has 0 aromatic carbocycles. The first kappa shape index (κ1) is 22.0. The molecule has 0 amide bonds. The number of aliphatic hydroxyl groups is 2. The van der Waals surface area contributed by atoms with Gasteiger partial charge in [-0.3, -0.25) is 9.09 Å². The van der Waals surface area contributed by atoms with Gasteiger partial charge in [-0.2, -0.15) is 14.3 Å². The van der Waals surface area contributed by atoms with E-state index in [9.17, 15) is 24.2 Å². The number of hydrogen-bond donors (Lipinski definition) is 6. The van der Waals surface area contributed by atoms with Crippen LogP contribution in [0.3, 0.4) is 0 Å². The molecule has 2 aromatic heterocycles. The van der Waals surface area contributed by atoms with Gasteiger partial charge in [0, 0.05) is 0 Å². The van der Waals surface area contributed by atoms with Crippen molar-refractivity contribution in [1.82, 2.24) is 19.5 Å². The maximum atomic E-state index is 11.5. The van der Waals surface area contributed by atoms with Crippen molar-refractivity contribution in [2.24, 2.45) is 0 Å². The third-order valence-corrected chi connectivity index (χ3v) is 5.97. The van der Waals surface area contributed by atoms with Gasteiger partial charge in [-0.05, 0) is 0 Å². The summed E-state index contributed by atoms with van der Waals surface area (Å²) in [6, 6.07) is 0. The van der Waals surface area contributed by atoms with Crippen LogP contribution in [0.5, 0.6) is 5.88 Å². The first-order valence-corrected chi connectivity index (χ1v) is 10.7. The lowest BCUT2D eigenvalue weighted by atomic mass is 10.1. The molecule has 0 bridgehead atoms. The van der Waals surface area contributed by atoms with E-state index in [4.69, 9.17) is 25.0 Å². The van der Waals surface area contributed by atoms with Crippen molar-refractivity contribution < 1.29 is 52.3 Å². The zero-order valence-electron chi connectivity index (χ0n) is 14.5. The number of phosphoric acid groups is 2. The van der Waals surface area contributed by atoms with Crippen LogP contribution in [0.1, 0.15) is 6.23 Å². The summed E-state index contributed by atoms with van der Waals surface area (Å²) in [6.45, 7) is -0.838. The van der Waals surface area contributed by atoms with E-state index in [1.54, 1.807) is 0 Å². The van der Waals surface area contributed by atoms with Gasteiger partial charge < -0.3 is 40.1 Å². The van der Waals surface area contributed by atoms with Gasteiger partial charge in [0.15, 0.2) is 17.4 Å². The minimum atomic E-state index is -5.31. The van der Waals surface area contributed by atoms with E-state index in [0.717, 1.165) is 0 Å². The van der Waals surface area contributed by atoms with E-state index in [1.807, 2.05) is 0 Å². The average molecular weight is 457 g/mol. The van der Waals surface area contributed by atoms with Crippen molar-refractivity contribution in [1.29, 1.82) is 0 Å². The Morgan fingerprint density at radius 3 is 2.55 bits per heavy atom. The minimum Gasteiger partial charge on any atom is -0.479 e. The first-order valence-electron chi connectivity index (χ1n) is 7.71. The predicted octanol–water partition coefficient (Wildman–Crippen LogP) is -1.74. The fourth-order valence-electron chi connectivity index (χ4n) is 2.66. The summed E-state index contributed by atoms with van der Waals surface area (Å²) in [7, 11) is -9.13. The lowest BCUT2D eigenvalue weighted by Gasteiger charge is -2.17. The maximum Gasteiger partial charge on any atom is 0.481 e. The third kappa shape index (κ3) is 4.73. The number of hydrogen-bond acceptors (Lipinski definition) is 12. The molecule has 16 nitrogen and oxygen atoms in total. The van der Waals surface area contributed by atoms with E-state index >= 15 is 0 Å². The van der Waals surface area contributed by atoms with E-state index in [2.05, 4.69) is 23.8 Å². The second-order valence-corrected chi connectivity index (χ2v) is 8.63. The lowest BCUT2D eigenvalue weighted by molar-refractivity contribution is -0.0503. The van der Waals surface area contributed by atoms with E-state index in [0.29, 0.717) is 0 Å². The number of imidazole rings is 1. The van der Waals surface area contributed by atoms with E-state index < -0.39 is 46.8 Å². The number of methoxy groups -OCH3 is 1. The fraction of sp³-hybridized carbons (Fsp3) is 0.545. The number of nitrogen functional groups attached to an aromatic ring is 1. The van der Waals surface area contributed by atoms with Gasteiger partial charge in [0.2, 0.25) is 11.8 Å². The summed E-state index contributed by atoms with van der Waals surface area (Å²) in [5, 5.41) is 20.4. The molecule has 1 aliphatic heterocycles. The molecule has 1 aliphatic rings. The second kappa shape index (κ2) is 7.85. The first-order chi connectivity index (χ1) is 13.4. The molecule has 3 heterocycles. The number of nitrogens with two attached hydrogens (primary N) is 1. The number of aliphatic hydroxyl groups excluding tert-OH is 2. The van der Waals surface area contributed by atoms with Crippen LogP contribution in [0.2, 0.25) is 0 Å². The highest BCUT2D eigenvalue weighted by Gasteiger charge is 2.46. The monoisotopic (exact) mass is 457 g/mol. The average Bonchev–Trinajstić information content (AvgIpc) is 3.12. The number of ether oxygens (including phenoxy) is 2. The van der Waals surface area contributed by atoms with Crippen LogP contribution in [0.4, 0.5) is 5.95 Å². The third-order valence-electron chi connectivity index (χ3n) is 3.82. The molecule has 2 aromatic rings. The van der Waals surface area contributed by atoms with Crippen LogP contribution in [-0.2, 0) is 22.7 Å². The Bertz CT molecular complexity index is 995. The minimum absolute atomic E-state index is 0.0648. The summed E-state index contributed by atoms with van der Waals surface area (Å²) in [6.07, 6.45) is -4.56. The van der Waals surface area contributed by atoms with Gasteiger partial charge >= 0.3 is 15.6 Å². The van der Waals surface area contributed by atoms with Crippen LogP contribution in [-0.4, -0.2) is 76.4 Å². The van der Waals surface area contributed by atoms with Crippen molar-refractivity contribution in [2.45, 2.75) is 24.5 Å². The van der Waals surface area contributed by atoms with Gasteiger partial charge in [0.1, 0.15) is 18.3 Å². The number of rotatable bonds is 7. The SMILES string of the molecule is COc1nc(N)nc2c1ncn2[C@@H]1O[C@H](COP(=O)(O)OP(=O)(O)O)[C@@H](O)[C@@H]1O. The molecule has 29 heavy (non-hydrogen) atoms. The Kier molecular flexibility index (Phi) is 5.95. The molecule has 1 unspecified atom stereocenters.